The van der Waals surface area contributed by atoms with E-state index >= 15 is 0 Å². The average molecular weight is 242 g/mol. The van der Waals surface area contributed by atoms with Crippen LogP contribution in [0.15, 0.2) is 12.3 Å². The maximum Gasteiger partial charge on any atom is 0.321 e. The molecule has 1 aliphatic carbocycles. The van der Waals surface area contributed by atoms with Crippen molar-refractivity contribution in [2.45, 2.75) is 12.8 Å². The van der Waals surface area contributed by atoms with Crippen LogP contribution in [0.5, 0.6) is 0 Å². The second-order valence-electron chi connectivity index (χ2n) is 4.12. The molecule has 1 aliphatic rings. The maximum absolute atomic E-state index is 11.8. The minimum Gasteiger partial charge on any atom is -0.383 e. The van der Waals surface area contributed by atoms with E-state index in [9.17, 15) is 4.79 Å². The smallest absolute Gasteiger partial charge is 0.321 e. The maximum atomic E-state index is 11.8. The number of nitrogens with one attached hydrogen (secondary N) is 1. The zero-order valence-electron chi connectivity index (χ0n) is 10.6. The van der Waals surface area contributed by atoms with Crippen LogP contribution in [0.4, 0.5) is 4.79 Å². The standard InChI is InChI=1S/C12H22N2O3/c1-16-9-7-14(8-10-17-2)12(15)13-6-5-11-3-4-11/h5-6,11H,3-4,7-10H2,1-2H3,(H,13,15)/b6-5+. The number of nitrogens with zero attached hydrogens (tertiary/aromatic N) is 1. The first kappa shape index (κ1) is 14.0. The van der Waals surface area contributed by atoms with Crippen LogP contribution in [-0.4, -0.2) is 51.5 Å². The van der Waals surface area contributed by atoms with E-state index in [0.29, 0.717) is 32.2 Å². The molecule has 0 spiro atoms. The highest BCUT2D eigenvalue weighted by Crippen LogP contribution is 2.29. The Kier molecular flexibility index (Phi) is 6.65. The van der Waals surface area contributed by atoms with Crippen LogP contribution < -0.4 is 5.32 Å². The van der Waals surface area contributed by atoms with Crippen molar-refractivity contribution in [1.82, 2.24) is 10.2 Å². The lowest BCUT2D eigenvalue weighted by atomic mass is 10.4. The number of carbonyl (C=O) groups excluding carboxylic acids is 1. The van der Waals surface area contributed by atoms with Crippen LogP contribution in [0.2, 0.25) is 0 Å². The molecule has 0 atom stereocenters. The monoisotopic (exact) mass is 242 g/mol. The summed E-state index contributed by atoms with van der Waals surface area (Å²) in [7, 11) is 3.25. The molecule has 1 saturated carbocycles. The van der Waals surface area contributed by atoms with E-state index in [0.717, 1.165) is 0 Å². The average Bonchev–Trinajstić information content (AvgIpc) is 3.13. The Hall–Kier alpha value is -1.07. The Morgan fingerprint density at radius 1 is 1.29 bits per heavy atom. The van der Waals surface area contributed by atoms with Crippen molar-refractivity contribution < 1.29 is 14.3 Å². The summed E-state index contributed by atoms with van der Waals surface area (Å²) in [5.41, 5.74) is 0. The molecule has 1 fully saturated rings. The molecule has 0 aromatic carbocycles. The molecule has 0 aromatic rings. The fraction of sp³-hybridized carbons (Fsp3) is 0.750. The van der Waals surface area contributed by atoms with Gasteiger partial charge in [0.1, 0.15) is 0 Å². The van der Waals surface area contributed by atoms with Gasteiger partial charge in [0.25, 0.3) is 0 Å². The second-order valence-corrected chi connectivity index (χ2v) is 4.12. The molecule has 0 bridgehead atoms. The van der Waals surface area contributed by atoms with Crippen molar-refractivity contribution in [3.63, 3.8) is 0 Å². The molecule has 0 heterocycles. The molecular formula is C12H22N2O3. The van der Waals surface area contributed by atoms with Crippen molar-refractivity contribution in [3.8, 4) is 0 Å². The molecule has 1 N–H and O–H groups in total. The first-order valence-corrected chi connectivity index (χ1v) is 5.98. The van der Waals surface area contributed by atoms with Crippen LogP contribution in [0.1, 0.15) is 12.8 Å². The summed E-state index contributed by atoms with van der Waals surface area (Å²) in [6, 6.07) is -0.101. The van der Waals surface area contributed by atoms with Crippen molar-refractivity contribution in [2.24, 2.45) is 5.92 Å². The molecule has 98 valence electrons. The van der Waals surface area contributed by atoms with E-state index in [4.69, 9.17) is 9.47 Å². The van der Waals surface area contributed by atoms with Gasteiger partial charge in [-0.05, 0) is 18.8 Å². The second kappa shape index (κ2) is 8.08. The molecule has 5 nitrogen and oxygen atoms in total. The summed E-state index contributed by atoms with van der Waals surface area (Å²) in [5.74, 6) is 0.668. The van der Waals surface area contributed by atoms with Crippen LogP contribution in [0, 0.1) is 5.92 Å². The zero-order chi connectivity index (χ0) is 12.5. The van der Waals surface area contributed by atoms with Crippen LogP contribution in [0.25, 0.3) is 0 Å². The third-order valence-electron chi connectivity index (χ3n) is 2.62. The summed E-state index contributed by atoms with van der Waals surface area (Å²) in [6.45, 7) is 2.21. The van der Waals surface area contributed by atoms with Gasteiger partial charge in [0.05, 0.1) is 13.2 Å². The van der Waals surface area contributed by atoms with Gasteiger partial charge in [0.15, 0.2) is 0 Å². The van der Waals surface area contributed by atoms with Gasteiger partial charge in [0, 0.05) is 33.5 Å². The van der Waals surface area contributed by atoms with E-state index in [1.165, 1.54) is 12.8 Å². The summed E-state index contributed by atoms with van der Waals surface area (Å²) in [5, 5.41) is 2.77. The van der Waals surface area contributed by atoms with Crippen LogP contribution >= 0.6 is 0 Å². The number of hydrogen-bond acceptors (Lipinski definition) is 3. The van der Waals surface area contributed by atoms with E-state index in [-0.39, 0.29) is 6.03 Å². The Bertz CT molecular complexity index is 244. The lowest BCUT2D eigenvalue weighted by Crippen LogP contribution is -2.41. The van der Waals surface area contributed by atoms with E-state index in [1.807, 2.05) is 6.08 Å². The van der Waals surface area contributed by atoms with E-state index in [1.54, 1.807) is 25.3 Å². The number of urea groups is 1. The molecule has 0 unspecified atom stereocenters. The number of carbonyl (C=O) groups is 1. The largest absolute Gasteiger partial charge is 0.383 e. The van der Waals surface area contributed by atoms with E-state index < -0.39 is 0 Å². The SMILES string of the molecule is COCCN(CCOC)C(=O)N/C=C/C1CC1. The van der Waals surface area contributed by atoms with Gasteiger partial charge in [-0.25, -0.2) is 4.79 Å². The fourth-order valence-electron chi connectivity index (χ4n) is 1.35. The third-order valence-corrected chi connectivity index (χ3v) is 2.62. The molecular weight excluding hydrogens is 220 g/mol. The van der Waals surface area contributed by atoms with Gasteiger partial charge in [-0.1, -0.05) is 6.08 Å². The number of amides is 2. The molecule has 5 heteroatoms. The zero-order valence-corrected chi connectivity index (χ0v) is 10.6. The molecule has 2 amide bonds. The number of ether oxygens (including phenoxy) is 2. The third kappa shape index (κ3) is 6.28. The molecule has 0 aromatic heterocycles. The Labute approximate surface area is 103 Å². The number of rotatable bonds is 8. The molecule has 1 rings (SSSR count). The lowest BCUT2D eigenvalue weighted by Gasteiger charge is -2.21. The van der Waals surface area contributed by atoms with Gasteiger partial charge >= 0.3 is 6.03 Å². The topological polar surface area (TPSA) is 50.8 Å². The first-order chi connectivity index (χ1) is 8.27. The van der Waals surface area contributed by atoms with Gasteiger partial charge in [-0.3, -0.25) is 0 Å². The van der Waals surface area contributed by atoms with Crippen molar-refractivity contribution >= 4 is 6.03 Å². The van der Waals surface area contributed by atoms with Crippen LogP contribution in [0.3, 0.4) is 0 Å². The first-order valence-electron chi connectivity index (χ1n) is 5.98. The number of allylic oxidation sites excluding steroid dienone is 1. The number of methoxy groups -OCH3 is 2. The fourth-order valence-corrected chi connectivity index (χ4v) is 1.35. The minimum absolute atomic E-state index is 0.101. The highest BCUT2D eigenvalue weighted by molar-refractivity contribution is 5.75. The molecule has 0 saturated heterocycles. The Morgan fingerprint density at radius 2 is 1.88 bits per heavy atom. The highest BCUT2D eigenvalue weighted by Gasteiger charge is 2.17. The van der Waals surface area contributed by atoms with E-state index in [2.05, 4.69) is 5.32 Å². The Morgan fingerprint density at radius 3 is 2.35 bits per heavy atom. The molecule has 0 aliphatic heterocycles. The van der Waals surface area contributed by atoms with Crippen molar-refractivity contribution in [1.29, 1.82) is 0 Å². The van der Waals surface area contributed by atoms with Gasteiger partial charge in [-0.2, -0.15) is 0 Å². The van der Waals surface area contributed by atoms with Gasteiger partial charge in [-0.15, -0.1) is 0 Å². The predicted molar refractivity (Wildman–Crippen MR) is 65.7 cm³/mol. The number of hydrogen-bond donors (Lipinski definition) is 1. The van der Waals surface area contributed by atoms with Crippen LogP contribution in [-0.2, 0) is 9.47 Å². The lowest BCUT2D eigenvalue weighted by molar-refractivity contribution is 0.124. The minimum atomic E-state index is -0.101. The van der Waals surface area contributed by atoms with Gasteiger partial charge < -0.3 is 19.7 Å². The predicted octanol–water partition coefficient (Wildman–Crippen LogP) is 1.21. The summed E-state index contributed by atoms with van der Waals surface area (Å²) >= 11 is 0. The summed E-state index contributed by atoms with van der Waals surface area (Å²) < 4.78 is 9.95. The molecule has 0 radical (unpaired) electrons. The van der Waals surface area contributed by atoms with Gasteiger partial charge in [0.2, 0.25) is 0 Å². The normalized spacial score (nSPS) is 15.2. The quantitative estimate of drug-likeness (QED) is 0.696. The summed E-state index contributed by atoms with van der Waals surface area (Å²) in [6.07, 6.45) is 6.27. The van der Waals surface area contributed by atoms with Crippen molar-refractivity contribution in [3.05, 3.63) is 12.3 Å². The summed E-state index contributed by atoms with van der Waals surface area (Å²) in [4.78, 5) is 13.5. The Balaban J connectivity index is 2.28. The highest BCUT2D eigenvalue weighted by atomic mass is 16.5. The molecule has 17 heavy (non-hydrogen) atoms. The van der Waals surface area contributed by atoms with Crippen molar-refractivity contribution in [2.75, 3.05) is 40.5 Å².